The number of rotatable bonds is 3. The minimum Gasteiger partial charge on any atom is -0.378 e. The number of ether oxygens (including phenoxy) is 1. The number of nitrogens with zero attached hydrogens (tertiary/aromatic N) is 2. The number of hydrogen-bond donors (Lipinski definition) is 0. The van der Waals surface area contributed by atoms with Crippen LogP contribution in [-0.2, 0) is 9.53 Å². The molecule has 0 N–H and O–H groups in total. The molecule has 0 aromatic heterocycles. The molecule has 22 heavy (non-hydrogen) atoms. The van der Waals surface area contributed by atoms with Gasteiger partial charge >= 0.3 is 0 Å². The van der Waals surface area contributed by atoms with Crippen molar-refractivity contribution in [2.75, 3.05) is 37.7 Å². The zero-order valence-electron chi connectivity index (χ0n) is 12.4. The monoisotopic (exact) mass is 334 g/mol. The summed E-state index contributed by atoms with van der Waals surface area (Å²) < 4.78 is 6.06. The van der Waals surface area contributed by atoms with Crippen molar-refractivity contribution < 1.29 is 9.53 Å². The van der Waals surface area contributed by atoms with Crippen molar-refractivity contribution in [2.45, 2.75) is 6.92 Å². The van der Waals surface area contributed by atoms with Gasteiger partial charge in [-0.05, 0) is 24.6 Å². The standard InChI is InChI=1S/C16H18N2O2S2/c1-2-18-15(19)14(22-16(18)21)11-12-5-3-4-6-13(12)17-7-9-20-10-8-17/h3-6,11H,2,7-10H2,1H3/b14-11+. The van der Waals surface area contributed by atoms with Crippen molar-refractivity contribution in [3.05, 3.63) is 34.7 Å². The molecule has 1 aromatic carbocycles. The minimum absolute atomic E-state index is 0.00859. The van der Waals surface area contributed by atoms with Gasteiger partial charge in [-0.2, -0.15) is 0 Å². The van der Waals surface area contributed by atoms with E-state index in [2.05, 4.69) is 11.0 Å². The van der Waals surface area contributed by atoms with E-state index in [0.717, 1.165) is 37.6 Å². The van der Waals surface area contributed by atoms with Crippen LogP contribution in [0.5, 0.6) is 0 Å². The molecule has 2 aliphatic heterocycles. The maximum atomic E-state index is 12.4. The second-order valence-electron chi connectivity index (χ2n) is 5.08. The molecule has 2 aliphatic rings. The number of thiocarbonyl (C=S) groups is 1. The van der Waals surface area contributed by atoms with Gasteiger partial charge in [0.1, 0.15) is 4.32 Å². The molecule has 0 bridgehead atoms. The molecule has 2 heterocycles. The summed E-state index contributed by atoms with van der Waals surface area (Å²) >= 11 is 6.65. The lowest BCUT2D eigenvalue weighted by Crippen LogP contribution is -2.36. The molecule has 0 atom stereocenters. The fourth-order valence-electron chi connectivity index (χ4n) is 2.62. The number of para-hydroxylation sites is 1. The van der Waals surface area contributed by atoms with E-state index in [1.165, 1.54) is 11.8 Å². The van der Waals surface area contributed by atoms with Gasteiger partial charge in [-0.25, -0.2) is 0 Å². The lowest BCUT2D eigenvalue weighted by molar-refractivity contribution is -0.121. The number of carbonyl (C=O) groups excluding carboxylic acids is 1. The molecular weight excluding hydrogens is 316 g/mol. The van der Waals surface area contributed by atoms with Crippen molar-refractivity contribution in [2.24, 2.45) is 0 Å². The summed E-state index contributed by atoms with van der Waals surface area (Å²) in [5, 5.41) is 0. The highest BCUT2D eigenvalue weighted by Crippen LogP contribution is 2.34. The van der Waals surface area contributed by atoms with Crippen LogP contribution in [0.3, 0.4) is 0 Å². The van der Waals surface area contributed by atoms with Gasteiger partial charge in [-0.15, -0.1) is 0 Å². The number of likely N-dealkylation sites (N-methyl/N-ethyl adjacent to an activating group) is 1. The number of anilines is 1. The third kappa shape index (κ3) is 3.04. The van der Waals surface area contributed by atoms with E-state index in [1.54, 1.807) is 4.90 Å². The summed E-state index contributed by atoms with van der Waals surface area (Å²) in [6, 6.07) is 8.16. The van der Waals surface area contributed by atoms with Crippen molar-refractivity contribution >= 4 is 46.0 Å². The van der Waals surface area contributed by atoms with Crippen LogP contribution in [0.4, 0.5) is 5.69 Å². The van der Waals surface area contributed by atoms with Crippen LogP contribution in [0.25, 0.3) is 6.08 Å². The highest BCUT2D eigenvalue weighted by molar-refractivity contribution is 8.26. The van der Waals surface area contributed by atoms with Crippen LogP contribution < -0.4 is 4.90 Å². The maximum absolute atomic E-state index is 12.4. The van der Waals surface area contributed by atoms with E-state index >= 15 is 0 Å². The van der Waals surface area contributed by atoms with Crippen LogP contribution in [0.2, 0.25) is 0 Å². The Kier molecular flexibility index (Phi) is 4.81. The van der Waals surface area contributed by atoms with Crippen molar-refractivity contribution in [3.63, 3.8) is 0 Å². The van der Waals surface area contributed by atoms with Gasteiger partial charge in [0.2, 0.25) is 0 Å². The fourth-order valence-corrected chi connectivity index (χ4v) is 3.99. The normalized spacial score (nSPS) is 21.0. The minimum atomic E-state index is 0.00859. The predicted molar refractivity (Wildman–Crippen MR) is 95.0 cm³/mol. The third-order valence-electron chi connectivity index (χ3n) is 3.76. The first-order chi connectivity index (χ1) is 10.7. The van der Waals surface area contributed by atoms with Crippen LogP contribution in [0.1, 0.15) is 12.5 Å². The van der Waals surface area contributed by atoms with Crippen molar-refractivity contribution in [1.29, 1.82) is 0 Å². The number of carbonyl (C=O) groups is 1. The molecule has 116 valence electrons. The molecule has 2 fully saturated rings. The number of morpholine rings is 1. The molecule has 1 aromatic rings. The number of benzene rings is 1. The zero-order chi connectivity index (χ0) is 15.5. The van der Waals surface area contributed by atoms with Gasteiger partial charge in [-0.1, -0.05) is 42.2 Å². The molecule has 0 saturated carbocycles. The van der Waals surface area contributed by atoms with Gasteiger partial charge in [-0.3, -0.25) is 9.69 Å². The molecule has 0 unspecified atom stereocenters. The average Bonchev–Trinajstić information content (AvgIpc) is 2.82. The Hall–Kier alpha value is -1.37. The third-order valence-corrected chi connectivity index (χ3v) is 5.14. The number of amides is 1. The number of thioether (sulfide) groups is 1. The van der Waals surface area contributed by atoms with Gasteiger partial charge in [0.25, 0.3) is 5.91 Å². The highest BCUT2D eigenvalue weighted by atomic mass is 32.2. The molecule has 4 nitrogen and oxygen atoms in total. The summed E-state index contributed by atoms with van der Waals surface area (Å²) in [4.78, 5) is 17.0. The summed E-state index contributed by atoms with van der Waals surface area (Å²) in [7, 11) is 0. The van der Waals surface area contributed by atoms with E-state index in [1.807, 2.05) is 31.2 Å². The lowest BCUT2D eigenvalue weighted by Gasteiger charge is -2.30. The molecule has 0 aliphatic carbocycles. The quantitative estimate of drug-likeness (QED) is 0.627. The SMILES string of the molecule is CCN1C(=O)/C(=C\c2ccccc2N2CCOCC2)SC1=S. The molecule has 0 radical (unpaired) electrons. The second kappa shape index (κ2) is 6.81. The fraction of sp³-hybridized carbons (Fsp3) is 0.375. The lowest BCUT2D eigenvalue weighted by atomic mass is 10.1. The average molecular weight is 334 g/mol. The van der Waals surface area contributed by atoms with Crippen LogP contribution in [0, 0.1) is 0 Å². The Morgan fingerprint density at radius 3 is 2.73 bits per heavy atom. The Bertz CT molecular complexity index is 624. The van der Waals surface area contributed by atoms with E-state index in [0.29, 0.717) is 15.8 Å². The largest absolute Gasteiger partial charge is 0.378 e. The first-order valence-corrected chi connectivity index (χ1v) is 8.60. The molecular formula is C16H18N2O2S2. The van der Waals surface area contributed by atoms with E-state index in [9.17, 15) is 4.79 Å². The molecule has 6 heteroatoms. The summed E-state index contributed by atoms with van der Waals surface area (Å²) in [6.07, 6.45) is 1.96. The van der Waals surface area contributed by atoms with Gasteiger partial charge in [0.05, 0.1) is 18.1 Å². The predicted octanol–water partition coefficient (Wildman–Crippen LogP) is 2.74. The Labute approximate surface area is 140 Å². The first kappa shape index (κ1) is 15.5. The van der Waals surface area contributed by atoms with E-state index in [-0.39, 0.29) is 5.91 Å². The van der Waals surface area contributed by atoms with Gasteiger partial charge in [0, 0.05) is 25.3 Å². The smallest absolute Gasteiger partial charge is 0.266 e. The first-order valence-electron chi connectivity index (χ1n) is 7.38. The van der Waals surface area contributed by atoms with E-state index in [4.69, 9.17) is 17.0 Å². The van der Waals surface area contributed by atoms with Gasteiger partial charge in [0.15, 0.2) is 0 Å². The topological polar surface area (TPSA) is 32.8 Å². The molecule has 2 saturated heterocycles. The van der Waals surface area contributed by atoms with Crippen molar-refractivity contribution in [3.8, 4) is 0 Å². The summed E-state index contributed by atoms with van der Waals surface area (Å²) in [5.41, 5.74) is 2.20. The van der Waals surface area contributed by atoms with Crippen LogP contribution in [0.15, 0.2) is 29.2 Å². The molecule has 0 spiro atoms. The van der Waals surface area contributed by atoms with Gasteiger partial charge < -0.3 is 9.64 Å². The van der Waals surface area contributed by atoms with Crippen molar-refractivity contribution in [1.82, 2.24) is 4.90 Å². The Morgan fingerprint density at radius 1 is 1.32 bits per heavy atom. The summed E-state index contributed by atoms with van der Waals surface area (Å²) in [6.45, 7) is 5.79. The summed E-state index contributed by atoms with van der Waals surface area (Å²) in [5.74, 6) is 0.00859. The Balaban J connectivity index is 1.91. The number of hydrogen-bond acceptors (Lipinski definition) is 5. The van der Waals surface area contributed by atoms with Crippen LogP contribution in [-0.4, -0.2) is 48.0 Å². The highest BCUT2D eigenvalue weighted by Gasteiger charge is 2.30. The molecule has 1 amide bonds. The van der Waals surface area contributed by atoms with Crippen LogP contribution >= 0.6 is 24.0 Å². The molecule has 3 rings (SSSR count). The Morgan fingerprint density at radius 2 is 2.05 bits per heavy atom. The zero-order valence-corrected chi connectivity index (χ0v) is 14.1. The maximum Gasteiger partial charge on any atom is 0.266 e. The van der Waals surface area contributed by atoms with E-state index < -0.39 is 0 Å². The second-order valence-corrected chi connectivity index (χ2v) is 6.76.